The molecule has 0 radical (unpaired) electrons. The topological polar surface area (TPSA) is 66.5 Å². The number of hydrogen-bond acceptors (Lipinski definition) is 3. The molecule has 3 amide bonds. The largest absolute Gasteiger partial charge is 0.272 e. The van der Waals surface area contributed by atoms with Crippen molar-refractivity contribution in [3.05, 3.63) is 107 Å². The average Bonchev–Trinajstić information content (AvgIpc) is 3.05. The van der Waals surface area contributed by atoms with Crippen molar-refractivity contribution in [2.75, 3.05) is 0 Å². The summed E-state index contributed by atoms with van der Waals surface area (Å²) in [6.45, 7) is 0. The normalized spacial score (nSPS) is 25.5. The molecule has 3 aliphatic carbocycles. The lowest BCUT2D eigenvalue weighted by Gasteiger charge is -2.45. The van der Waals surface area contributed by atoms with Crippen molar-refractivity contribution < 1.29 is 14.4 Å². The lowest BCUT2D eigenvalue weighted by molar-refractivity contribution is -0.142. The molecule has 1 heterocycles. The van der Waals surface area contributed by atoms with Gasteiger partial charge in [0.2, 0.25) is 0 Å². The summed E-state index contributed by atoms with van der Waals surface area (Å²) in [5.41, 5.74) is 7.42. The van der Waals surface area contributed by atoms with Gasteiger partial charge in [-0.1, -0.05) is 66.7 Å². The second-order valence-electron chi connectivity index (χ2n) is 8.08. The van der Waals surface area contributed by atoms with Crippen LogP contribution >= 0.6 is 0 Å². The second-order valence-corrected chi connectivity index (χ2v) is 8.08. The Morgan fingerprint density at radius 3 is 1.47 bits per heavy atom. The monoisotopic (exact) mass is 394 g/mol. The molecule has 30 heavy (non-hydrogen) atoms. The number of nitrogens with one attached hydrogen (secondary N) is 1. The molecular formula is C25H18N2O3. The van der Waals surface area contributed by atoms with Crippen molar-refractivity contribution in [2.45, 2.75) is 11.8 Å². The summed E-state index contributed by atoms with van der Waals surface area (Å²) in [4.78, 5) is 39.5. The second kappa shape index (κ2) is 6.13. The minimum atomic E-state index is -0.497. The number of carbonyl (C=O) groups excluding carboxylic acids is 3. The van der Waals surface area contributed by atoms with Crippen LogP contribution in [0.5, 0.6) is 0 Å². The summed E-state index contributed by atoms with van der Waals surface area (Å²) in [7, 11) is 0. The Morgan fingerprint density at radius 2 is 1.03 bits per heavy atom. The van der Waals surface area contributed by atoms with Crippen molar-refractivity contribution in [3.8, 4) is 0 Å². The fourth-order valence-electron chi connectivity index (χ4n) is 5.54. The number of amides is 3. The third-order valence-corrected chi connectivity index (χ3v) is 6.70. The Balaban J connectivity index is 1.44. The van der Waals surface area contributed by atoms with Crippen LogP contribution in [0.3, 0.4) is 0 Å². The van der Waals surface area contributed by atoms with Crippen molar-refractivity contribution in [2.24, 2.45) is 11.8 Å². The SMILES string of the molecule is O=C(NN1C(=O)[C@@H]2C3c4ccccc4C(c4ccccc43)[C@@H]2C1=O)c1ccccc1. The van der Waals surface area contributed by atoms with E-state index in [1.807, 2.05) is 30.3 Å². The fraction of sp³-hybridized carbons (Fsp3) is 0.160. The zero-order valence-electron chi connectivity index (χ0n) is 16.0. The molecule has 4 aliphatic rings. The Morgan fingerprint density at radius 1 is 0.633 bits per heavy atom. The van der Waals surface area contributed by atoms with Gasteiger partial charge < -0.3 is 0 Å². The summed E-state index contributed by atoms with van der Waals surface area (Å²) in [5, 5.41) is 0.961. The third-order valence-electron chi connectivity index (χ3n) is 6.70. The first-order valence-electron chi connectivity index (χ1n) is 10.1. The van der Waals surface area contributed by atoms with Crippen LogP contribution in [0.25, 0.3) is 0 Å². The molecule has 1 N–H and O–H groups in total. The summed E-state index contributed by atoms with van der Waals surface area (Å²) < 4.78 is 0. The van der Waals surface area contributed by atoms with E-state index >= 15 is 0 Å². The number of rotatable bonds is 2. The van der Waals surface area contributed by atoms with Crippen molar-refractivity contribution in [1.82, 2.24) is 10.4 Å². The number of imide groups is 1. The molecule has 3 aromatic rings. The highest BCUT2D eigenvalue weighted by Crippen LogP contribution is 2.60. The van der Waals surface area contributed by atoms with Gasteiger partial charge in [0.1, 0.15) is 0 Å². The van der Waals surface area contributed by atoms with E-state index in [9.17, 15) is 14.4 Å². The first kappa shape index (κ1) is 17.2. The van der Waals surface area contributed by atoms with Crippen LogP contribution in [-0.4, -0.2) is 22.7 Å². The number of nitrogens with zero attached hydrogens (tertiary/aromatic N) is 1. The number of hydrogen-bond donors (Lipinski definition) is 1. The molecule has 1 aliphatic heterocycles. The standard InChI is InChI=1S/C25H18N2O3/c28-23(14-8-2-1-3-9-14)26-27-24(29)21-19-15-10-4-5-11-16(15)20(22(21)25(27)30)18-13-7-6-12-17(18)19/h1-13,19-22H,(H,26,28)/t19?,20?,21-,22+. The minimum Gasteiger partial charge on any atom is -0.272 e. The minimum absolute atomic E-state index is 0.178. The van der Waals surface area contributed by atoms with E-state index in [-0.39, 0.29) is 23.7 Å². The Bertz CT molecular complexity index is 1100. The lowest BCUT2D eigenvalue weighted by atomic mass is 9.55. The van der Waals surface area contributed by atoms with E-state index in [0.717, 1.165) is 27.3 Å². The van der Waals surface area contributed by atoms with Gasteiger partial charge in [0.25, 0.3) is 17.7 Å². The summed E-state index contributed by atoms with van der Waals surface area (Å²) >= 11 is 0. The number of carbonyl (C=O) groups is 3. The Hall–Kier alpha value is -3.73. The van der Waals surface area contributed by atoms with Gasteiger partial charge in [-0.3, -0.25) is 19.8 Å². The number of benzene rings is 3. The predicted octanol–water partition coefficient (Wildman–Crippen LogP) is 3.22. The van der Waals surface area contributed by atoms with E-state index in [2.05, 4.69) is 29.7 Å². The van der Waals surface area contributed by atoms with Crippen LogP contribution in [0, 0.1) is 11.8 Å². The highest BCUT2D eigenvalue weighted by molar-refractivity contribution is 6.09. The van der Waals surface area contributed by atoms with Gasteiger partial charge in [0.15, 0.2) is 0 Å². The molecule has 2 atom stereocenters. The average molecular weight is 394 g/mol. The van der Waals surface area contributed by atoms with Crippen LogP contribution in [0.1, 0.15) is 44.4 Å². The van der Waals surface area contributed by atoms with Gasteiger partial charge in [-0.2, -0.15) is 5.01 Å². The Kier molecular flexibility index (Phi) is 3.51. The van der Waals surface area contributed by atoms with Crippen molar-refractivity contribution in [1.29, 1.82) is 0 Å². The van der Waals surface area contributed by atoms with E-state index in [1.165, 1.54) is 0 Å². The van der Waals surface area contributed by atoms with Crippen LogP contribution in [-0.2, 0) is 9.59 Å². The van der Waals surface area contributed by atoms with E-state index in [1.54, 1.807) is 24.3 Å². The molecule has 5 nitrogen and oxygen atoms in total. The van der Waals surface area contributed by atoms with Crippen LogP contribution in [0.15, 0.2) is 78.9 Å². The van der Waals surface area contributed by atoms with E-state index < -0.39 is 17.7 Å². The molecule has 1 fully saturated rings. The highest BCUT2D eigenvalue weighted by atomic mass is 16.2. The molecule has 7 rings (SSSR count). The summed E-state index contributed by atoms with van der Waals surface area (Å²) in [5.74, 6) is -2.46. The Labute approximate surface area is 173 Å². The predicted molar refractivity (Wildman–Crippen MR) is 109 cm³/mol. The van der Waals surface area contributed by atoms with E-state index in [4.69, 9.17) is 0 Å². The maximum atomic E-state index is 13.4. The van der Waals surface area contributed by atoms with Gasteiger partial charge in [-0.05, 0) is 34.4 Å². The molecule has 146 valence electrons. The first-order chi connectivity index (χ1) is 14.7. The molecule has 0 spiro atoms. The third kappa shape index (κ3) is 2.15. The number of hydrazine groups is 1. The maximum absolute atomic E-state index is 13.4. The quantitative estimate of drug-likeness (QED) is 0.679. The fourth-order valence-corrected chi connectivity index (χ4v) is 5.54. The molecule has 0 aromatic heterocycles. The van der Waals surface area contributed by atoms with Crippen molar-refractivity contribution in [3.63, 3.8) is 0 Å². The zero-order valence-corrected chi connectivity index (χ0v) is 16.0. The molecule has 5 heteroatoms. The summed E-state index contributed by atoms with van der Waals surface area (Å²) in [6, 6.07) is 24.8. The summed E-state index contributed by atoms with van der Waals surface area (Å²) in [6.07, 6.45) is 0. The molecule has 2 bridgehead atoms. The smallest absolute Gasteiger partial charge is 0.270 e. The first-order valence-corrected chi connectivity index (χ1v) is 10.1. The highest BCUT2D eigenvalue weighted by Gasteiger charge is 2.62. The van der Waals surface area contributed by atoms with Crippen LogP contribution < -0.4 is 5.43 Å². The molecule has 0 unspecified atom stereocenters. The lowest BCUT2D eigenvalue weighted by Crippen LogP contribution is -2.46. The molecular weight excluding hydrogens is 376 g/mol. The van der Waals surface area contributed by atoms with Gasteiger partial charge in [0, 0.05) is 17.4 Å². The van der Waals surface area contributed by atoms with E-state index in [0.29, 0.717) is 5.56 Å². The zero-order chi connectivity index (χ0) is 20.4. The van der Waals surface area contributed by atoms with Gasteiger partial charge in [-0.25, -0.2) is 0 Å². The molecule has 0 saturated carbocycles. The van der Waals surface area contributed by atoms with Crippen LogP contribution in [0.4, 0.5) is 0 Å². The van der Waals surface area contributed by atoms with Gasteiger partial charge >= 0.3 is 0 Å². The van der Waals surface area contributed by atoms with Crippen molar-refractivity contribution >= 4 is 17.7 Å². The maximum Gasteiger partial charge on any atom is 0.270 e. The molecule has 3 aromatic carbocycles. The molecule has 1 saturated heterocycles. The van der Waals surface area contributed by atoms with Gasteiger partial charge in [0.05, 0.1) is 11.8 Å². The van der Waals surface area contributed by atoms with Gasteiger partial charge in [-0.15, -0.1) is 0 Å². The van der Waals surface area contributed by atoms with Crippen LogP contribution in [0.2, 0.25) is 0 Å².